The van der Waals surface area contributed by atoms with Gasteiger partial charge in [0, 0.05) is 18.7 Å². The van der Waals surface area contributed by atoms with Crippen LogP contribution in [-0.2, 0) is 17.3 Å². The summed E-state index contributed by atoms with van der Waals surface area (Å²) >= 11 is 7.30. The predicted octanol–water partition coefficient (Wildman–Crippen LogP) is 5.25. The van der Waals surface area contributed by atoms with Crippen LogP contribution in [0.4, 0.5) is 0 Å². The van der Waals surface area contributed by atoms with E-state index in [1.165, 1.54) is 0 Å². The molecule has 0 fully saturated rings. The Kier molecular flexibility index (Phi) is 4.27. The van der Waals surface area contributed by atoms with E-state index in [1.54, 1.807) is 0 Å². The van der Waals surface area contributed by atoms with Gasteiger partial charge in [0.05, 0.1) is 5.69 Å². The first-order valence-corrected chi connectivity index (χ1v) is 8.55. The van der Waals surface area contributed by atoms with Gasteiger partial charge in [0.15, 0.2) is 4.87 Å². The number of aromatic nitrogens is 2. The number of aryl methyl sites for hydroxylation is 1. The molecule has 2 nitrogen and oxygen atoms in total. The normalized spacial score (nSPS) is 12.4. The molecule has 124 valence electrons. The van der Waals surface area contributed by atoms with Crippen LogP contribution >= 0.6 is 11.6 Å². The molecule has 0 saturated carbocycles. The number of halogens is 1. The van der Waals surface area contributed by atoms with Crippen LogP contribution in [-0.4, -0.2) is 9.55 Å². The Morgan fingerprint density at radius 1 is 0.833 bits per heavy atom. The molecule has 2 aromatic carbocycles. The lowest BCUT2D eigenvalue weighted by molar-refractivity contribution is 0.569. The lowest BCUT2D eigenvalue weighted by atomic mass is 9.89. The largest absolute Gasteiger partial charge is 0.336 e. The predicted molar refractivity (Wildman–Crippen MR) is 101 cm³/mol. The lowest BCUT2D eigenvalue weighted by Crippen LogP contribution is -2.26. The van der Waals surface area contributed by atoms with Crippen LogP contribution in [0.1, 0.15) is 43.4 Å². The third kappa shape index (κ3) is 2.87. The number of rotatable bonds is 3. The minimum Gasteiger partial charge on any atom is -0.336 e. The van der Waals surface area contributed by atoms with Gasteiger partial charge in [0.25, 0.3) is 0 Å². The van der Waals surface area contributed by atoms with Gasteiger partial charge in [-0.05, 0) is 11.1 Å². The highest BCUT2D eigenvalue weighted by Gasteiger charge is 2.39. The average molecular weight is 339 g/mol. The molecule has 0 amide bonds. The molecule has 0 bridgehead atoms. The van der Waals surface area contributed by atoms with Crippen molar-refractivity contribution in [3.8, 4) is 0 Å². The fraction of sp³-hybridized carbons (Fsp3) is 0.286. The monoisotopic (exact) mass is 338 g/mol. The highest BCUT2D eigenvalue weighted by atomic mass is 35.5. The molecule has 3 rings (SSSR count). The van der Waals surface area contributed by atoms with Crippen molar-refractivity contribution in [3.63, 3.8) is 0 Å². The van der Waals surface area contributed by atoms with Gasteiger partial charge in [-0.3, -0.25) is 0 Å². The number of benzene rings is 2. The summed E-state index contributed by atoms with van der Waals surface area (Å²) in [6.07, 6.45) is 2.08. The molecular formula is C21H23ClN2. The van der Waals surface area contributed by atoms with Crippen molar-refractivity contribution < 1.29 is 0 Å². The van der Waals surface area contributed by atoms with E-state index in [9.17, 15) is 0 Å². The summed E-state index contributed by atoms with van der Waals surface area (Å²) in [6.45, 7) is 6.50. The van der Waals surface area contributed by atoms with E-state index >= 15 is 0 Å². The first kappa shape index (κ1) is 16.8. The molecule has 3 heteroatoms. The summed E-state index contributed by atoms with van der Waals surface area (Å²) in [5, 5.41) is 0. The Hall–Kier alpha value is -2.06. The molecule has 1 aromatic heterocycles. The van der Waals surface area contributed by atoms with Crippen LogP contribution in [0.3, 0.4) is 0 Å². The van der Waals surface area contributed by atoms with E-state index in [-0.39, 0.29) is 5.41 Å². The zero-order valence-electron chi connectivity index (χ0n) is 14.6. The van der Waals surface area contributed by atoms with Crippen molar-refractivity contribution in [2.24, 2.45) is 7.05 Å². The summed E-state index contributed by atoms with van der Waals surface area (Å²) in [5.74, 6) is 0.839. The molecule has 0 aliphatic rings. The first-order valence-electron chi connectivity index (χ1n) is 8.18. The Balaban J connectivity index is 2.26. The van der Waals surface area contributed by atoms with Gasteiger partial charge in [-0.1, -0.05) is 81.4 Å². The number of hydrogen-bond acceptors (Lipinski definition) is 1. The summed E-state index contributed by atoms with van der Waals surface area (Å²) in [5.41, 5.74) is 3.05. The second-order valence-corrected chi connectivity index (χ2v) is 7.77. The van der Waals surface area contributed by atoms with Crippen molar-refractivity contribution in [1.82, 2.24) is 9.55 Å². The maximum atomic E-state index is 7.30. The fourth-order valence-corrected chi connectivity index (χ4v) is 3.34. The third-order valence-corrected chi connectivity index (χ3v) is 4.90. The van der Waals surface area contributed by atoms with Crippen molar-refractivity contribution in [1.29, 1.82) is 0 Å². The van der Waals surface area contributed by atoms with Gasteiger partial charge < -0.3 is 4.57 Å². The number of hydrogen-bond donors (Lipinski definition) is 0. The second kappa shape index (κ2) is 6.10. The molecule has 0 radical (unpaired) electrons. The van der Waals surface area contributed by atoms with Gasteiger partial charge in [0.1, 0.15) is 5.82 Å². The number of imidazole rings is 1. The molecule has 0 N–H and O–H groups in total. The van der Waals surface area contributed by atoms with Gasteiger partial charge in [-0.2, -0.15) is 0 Å². The van der Waals surface area contributed by atoms with Crippen molar-refractivity contribution in [2.75, 3.05) is 0 Å². The summed E-state index contributed by atoms with van der Waals surface area (Å²) in [7, 11) is 2.01. The van der Waals surface area contributed by atoms with Crippen LogP contribution < -0.4 is 0 Å². The molecule has 0 aliphatic carbocycles. The zero-order valence-corrected chi connectivity index (χ0v) is 15.4. The SMILES string of the molecule is Cn1cc(C(C)(C)C)nc1C(Cl)(c1ccccc1)c1ccccc1. The van der Waals surface area contributed by atoms with Crippen LogP contribution in [0, 0.1) is 0 Å². The summed E-state index contributed by atoms with van der Waals surface area (Å²) in [6, 6.07) is 20.3. The zero-order chi connectivity index (χ0) is 17.4. The van der Waals surface area contributed by atoms with E-state index in [4.69, 9.17) is 16.6 Å². The number of alkyl halides is 1. The molecule has 24 heavy (non-hydrogen) atoms. The topological polar surface area (TPSA) is 17.8 Å². The first-order chi connectivity index (χ1) is 11.3. The minimum absolute atomic E-state index is 0.0266. The van der Waals surface area contributed by atoms with E-state index in [0.29, 0.717) is 0 Å². The molecule has 0 spiro atoms. The van der Waals surface area contributed by atoms with Crippen LogP contribution in [0.5, 0.6) is 0 Å². The second-order valence-electron chi connectivity index (χ2n) is 7.20. The van der Waals surface area contributed by atoms with Gasteiger partial charge in [0.2, 0.25) is 0 Å². The Morgan fingerprint density at radius 2 is 1.29 bits per heavy atom. The van der Waals surface area contributed by atoms with Gasteiger partial charge in [-0.15, -0.1) is 11.6 Å². The molecular weight excluding hydrogens is 316 g/mol. The minimum atomic E-state index is -0.819. The van der Waals surface area contributed by atoms with E-state index < -0.39 is 4.87 Å². The van der Waals surface area contributed by atoms with Gasteiger partial charge in [-0.25, -0.2) is 4.98 Å². The Morgan fingerprint density at radius 3 is 1.67 bits per heavy atom. The highest BCUT2D eigenvalue weighted by molar-refractivity contribution is 6.27. The van der Waals surface area contributed by atoms with Crippen LogP contribution in [0.25, 0.3) is 0 Å². The Bertz CT molecular complexity index is 775. The summed E-state index contributed by atoms with van der Waals surface area (Å²) < 4.78 is 2.05. The standard InChI is InChI=1S/C21H23ClN2/c1-20(2,3)18-15-24(4)19(23-18)21(22,16-11-7-5-8-12-16)17-13-9-6-10-14-17/h5-15H,1-4H3. The highest BCUT2D eigenvalue weighted by Crippen LogP contribution is 2.42. The van der Waals surface area contributed by atoms with Crippen LogP contribution in [0.2, 0.25) is 0 Å². The molecule has 0 saturated heterocycles. The van der Waals surface area contributed by atoms with Gasteiger partial charge >= 0.3 is 0 Å². The lowest BCUT2D eigenvalue weighted by Gasteiger charge is -2.28. The van der Waals surface area contributed by atoms with E-state index in [2.05, 4.69) is 51.2 Å². The molecule has 3 aromatic rings. The fourth-order valence-electron chi connectivity index (χ4n) is 2.91. The average Bonchev–Trinajstić information content (AvgIpc) is 2.98. The van der Waals surface area contributed by atoms with E-state index in [1.807, 2.05) is 48.0 Å². The third-order valence-electron chi connectivity index (χ3n) is 4.30. The van der Waals surface area contributed by atoms with E-state index in [0.717, 1.165) is 22.6 Å². The van der Waals surface area contributed by atoms with Crippen molar-refractivity contribution in [3.05, 3.63) is 89.5 Å². The summed E-state index contributed by atoms with van der Waals surface area (Å²) in [4.78, 5) is 4.12. The molecule has 0 aliphatic heterocycles. The molecule has 0 atom stereocenters. The quantitative estimate of drug-likeness (QED) is 0.596. The molecule has 1 heterocycles. The number of nitrogens with zero attached hydrogens (tertiary/aromatic N) is 2. The van der Waals surface area contributed by atoms with Crippen molar-refractivity contribution >= 4 is 11.6 Å². The van der Waals surface area contributed by atoms with Crippen molar-refractivity contribution in [2.45, 2.75) is 31.1 Å². The smallest absolute Gasteiger partial charge is 0.152 e. The van der Waals surface area contributed by atoms with Crippen LogP contribution in [0.15, 0.2) is 66.9 Å². The Labute approximate surface area is 149 Å². The molecule has 0 unspecified atom stereocenters. The maximum absolute atomic E-state index is 7.30. The maximum Gasteiger partial charge on any atom is 0.152 e.